The lowest BCUT2D eigenvalue weighted by atomic mass is 9.81. The fraction of sp³-hybridized carbons (Fsp3) is 1.00. The largest absolute Gasteiger partial charge is 0.412 e. The number of hydrogen-bond donors (Lipinski definition) is 2. The van der Waals surface area contributed by atoms with Gasteiger partial charge < -0.3 is 19.9 Å². The molecule has 6 heteroatoms. The minimum absolute atomic E-state index is 0.0511. The smallest absolute Gasteiger partial charge is 0.196 e. The second-order valence-corrected chi connectivity index (χ2v) is 21.4. The molecule has 2 unspecified atom stereocenters. The summed E-state index contributed by atoms with van der Waals surface area (Å²) in [5.41, 5.74) is 5.39. The molecule has 0 heterocycles. The molecule has 0 rings (SSSR count). The molecule has 0 aliphatic carbocycles. The Morgan fingerprint density at radius 3 is 1.74 bits per heavy atom. The molecular weight excluding hydrogens is 452 g/mol. The fourth-order valence-corrected chi connectivity index (χ4v) is 15.6. The van der Waals surface area contributed by atoms with Gasteiger partial charge in [-0.3, -0.25) is 0 Å². The van der Waals surface area contributed by atoms with Crippen molar-refractivity contribution in [3.05, 3.63) is 0 Å². The maximum atomic E-state index is 7.72. The molecule has 0 amide bonds. The van der Waals surface area contributed by atoms with Gasteiger partial charge in [0, 0.05) is 18.1 Å². The molecule has 206 valence electrons. The highest BCUT2D eigenvalue weighted by Crippen LogP contribution is 2.60. The summed E-state index contributed by atoms with van der Waals surface area (Å²) in [4.78, 5) is 0. The quantitative estimate of drug-likeness (QED) is 0.134. The van der Waals surface area contributed by atoms with Crippen molar-refractivity contribution in [2.45, 2.75) is 161 Å². The van der Waals surface area contributed by atoms with Gasteiger partial charge in [-0.15, -0.1) is 0 Å². The first-order valence-electron chi connectivity index (χ1n) is 14.3. The van der Waals surface area contributed by atoms with Crippen LogP contribution in [-0.4, -0.2) is 47.5 Å². The maximum Gasteiger partial charge on any atom is 0.196 e. The fourth-order valence-electron chi connectivity index (χ4n) is 6.55. The number of nitrogens with one attached hydrogen (secondary N) is 1. The van der Waals surface area contributed by atoms with Crippen LogP contribution in [0.15, 0.2) is 0 Å². The molecule has 34 heavy (non-hydrogen) atoms. The lowest BCUT2D eigenvalue weighted by Crippen LogP contribution is -2.64. The van der Waals surface area contributed by atoms with Gasteiger partial charge in [0.1, 0.15) is 0 Å². The van der Waals surface area contributed by atoms with E-state index in [9.17, 15) is 0 Å². The molecule has 3 N–H and O–H groups in total. The molecule has 0 aromatic carbocycles. The molecule has 4 nitrogen and oxygen atoms in total. The van der Waals surface area contributed by atoms with Crippen LogP contribution in [0.4, 0.5) is 0 Å². The van der Waals surface area contributed by atoms with Gasteiger partial charge in [0.15, 0.2) is 16.6 Å². The Labute approximate surface area is 217 Å². The Morgan fingerprint density at radius 1 is 0.765 bits per heavy atom. The minimum atomic E-state index is -2.15. The van der Waals surface area contributed by atoms with E-state index in [1.807, 2.05) is 0 Å². The average molecular weight is 517 g/mol. The molecule has 0 aromatic heterocycles. The van der Waals surface area contributed by atoms with Crippen molar-refractivity contribution in [3.63, 3.8) is 0 Å². The van der Waals surface area contributed by atoms with Crippen LogP contribution in [0.5, 0.6) is 0 Å². The number of hydrogen-bond acceptors (Lipinski definition) is 4. The average Bonchev–Trinajstić information content (AvgIpc) is 2.73. The molecule has 0 saturated carbocycles. The van der Waals surface area contributed by atoms with Gasteiger partial charge in [-0.25, -0.2) is 0 Å². The third-order valence-electron chi connectivity index (χ3n) is 9.52. The topological polar surface area (TPSA) is 56.5 Å². The van der Waals surface area contributed by atoms with Crippen molar-refractivity contribution >= 4 is 16.6 Å². The van der Waals surface area contributed by atoms with Gasteiger partial charge in [-0.05, 0) is 96.6 Å². The van der Waals surface area contributed by atoms with Crippen LogP contribution >= 0.6 is 0 Å². The highest BCUT2D eigenvalue weighted by molar-refractivity contribution is 6.77. The molecule has 0 radical (unpaired) electrons. The zero-order valence-electron chi connectivity index (χ0n) is 25.7. The van der Waals surface area contributed by atoms with E-state index < -0.39 is 16.6 Å². The van der Waals surface area contributed by atoms with Crippen LogP contribution < -0.4 is 11.1 Å². The number of rotatable bonds is 19. The van der Waals surface area contributed by atoms with Crippen LogP contribution in [0.25, 0.3) is 0 Å². The minimum Gasteiger partial charge on any atom is -0.412 e. The molecule has 0 bridgehead atoms. The summed E-state index contributed by atoms with van der Waals surface area (Å²) in [6, 6.07) is 1.18. The van der Waals surface area contributed by atoms with Crippen LogP contribution in [0.1, 0.15) is 114 Å². The predicted octanol–water partition coefficient (Wildman–Crippen LogP) is 8.24. The molecule has 0 aliphatic heterocycles. The first kappa shape index (κ1) is 34.3. The summed E-state index contributed by atoms with van der Waals surface area (Å²) in [6.07, 6.45) is 7.83. The van der Waals surface area contributed by atoms with E-state index in [2.05, 4.69) is 94.2 Å². The van der Waals surface area contributed by atoms with Gasteiger partial charge in [0.05, 0.1) is 11.2 Å². The van der Waals surface area contributed by atoms with Gasteiger partial charge in [-0.2, -0.15) is 0 Å². The Morgan fingerprint density at radius 2 is 1.32 bits per heavy atom. The molecule has 0 aliphatic rings. The summed E-state index contributed by atoms with van der Waals surface area (Å²) in [7, 11) is -4.26. The zero-order valence-corrected chi connectivity index (χ0v) is 27.7. The van der Waals surface area contributed by atoms with Crippen molar-refractivity contribution in [1.82, 2.24) is 5.32 Å². The van der Waals surface area contributed by atoms with Crippen molar-refractivity contribution in [1.29, 1.82) is 0 Å². The lowest BCUT2D eigenvalue weighted by molar-refractivity contribution is -0.0128. The number of nitrogens with two attached hydrogens (primary N) is 1. The Balaban J connectivity index is 6.44. The van der Waals surface area contributed by atoms with Crippen LogP contribution in [0.2, 0.25) is 35.8 Å². The maximum absolute atomic E-state index is 7.72. The van der Waals surface area contributed by atoms with E-state index in [1.54, 1.807) is 0 Å². The third kappa shape index (κ3) is 7.88. The second-order valence-electron chi connectivity index (χ2n) is 12.7. The van der Waals surface area contributed by atoms with Gasteiger partial charge in [0.25, 0.3) is 0 Å². The predicted molar refractivity (Wildman–Crippen MR) is 158 cm³/mol. The first-order valence-corrected chi connectivity index (χ1v) is 19.9. The molecule has 0 saturated heterocycles. The van der Waals surface area contributed by atoms with Gasteiger partial charge in [-0.1, -0.05) is 54.9 Å². The van der Waals surface area contributed by atoms with E-state index in [-0.39, 0.29) is 21.3 Å². The van der Waals surface area contributed by atoms with Crippen LogP contribution in [-0.2, 0) is 8.85 Å². The molecular formula is C28H64N2O2Si2. The van der Waals surface area contributed by atoms with Crippen molar-refractivity contribution < 1.29 is 8.85 Å². The molecule has 0 spiro atoms. The summed E-state index contributed by atoms with van der Waals surface area (Å²) in [5.74, 6) is 0. The van der Waals surface area contributed by atoms with E-state index in [4.69, 9.17) is 14.6 Å². The van der Waals surface area contributed by atoms with E-state index in [0.717, 1.165) is 45.2 Å². The van der Waals surface area contributed by atoms with Crippen molar-refractivity contribution in [2.24, 2.45) is 5.73 Å². The van der Waals surface area contributed by atoms with Crippen LogP contribution in [0, 0.1) is 0 Å². The Kier molecular flexibility index (Phi) is 13.8. The summed E-state index contributed by atoms with van der Waals surface area (Å²) in [6.45, 7) is 33.7. The molecule has 0 aromatic rings. The van der Waals surface area contributed by atoms with Gasteiger partial charge >= 0.3 is 0 Å². The highest BCUT2D eigenvalue weighted by atomic mass is 28.4. The summed E-state index contributed by atoms with van der Waals surface area (Å²) < 4.78 is 14.8. The van der Waals surface area contributed by atoms with Crippen molar-refractivity contribution in [3.8, 4) is 0 Å². The summed E-state index contributed by atoms with van der Waals surface area (Å²) in [5, 5.41) is 3.77. The monoisotopic (exact) mass is 516 g/mol. The standard InChI is InChI=1S/C28H64N2O2Si2/c1-14-20-26(8,9)34(13,24-19-22-30-23-21-29)32-27(10,16-3)28(17-4,18-5)33(11,12)31-25(6,7)15-2/h30H,14-24,29H2,1-13H3. The van der Waals surface area contributed by atoms with E-state index in [0.29, 0.717) is 6.54 Å². The molecule has 0 fully saturated rings. The zero-order chi connectivity index (χ0) is 26.9. The second kappa shape index (κ2) is 13.7. The van der Waals surface area contributed by atoms with Crippen molar-refractivity contribution in [2.75, 3.05) is 19.6 Å². The van der Waals surface area contributed by atoms with Crippen LogP contribution in [0.3, 0.4) is 0 Å². The summed E-state index contributed by atoms with van der Waals surface area (Å²) >= 11 is 0. The lowest BCUT2D eigenvalue weighted by Gasteiger charge is -2.60. The SMILES string of the molecule is CCCC(C)(C)[Si](C)(CCCNCCN)OC(C)(CC)C(CC)(CC)[Si](C)(C)OC(C)(C)CC. The highest BCUT2D eigenvalue weighted by Gasteiger charge is 2.61. The molecule has 2 atom stereocenters. The Bertz CT molecular complexity index is 579. The van der Waals surface area contributed by atoms with E-state index >= 15 is 0 Å². The Hall–Kier alpha value is 0.274. The first-order chi connectivity index (χ1) is 15.5. The normalized spacial score (nSPS) is 17.5. The van der Waals surface area contributed by atoms with E-state index in [1.165, 1.54) is 18.9 Å². The third-order valence-corrected chi connectivity index (χ3v) is 19.4. The van der Waals surface area contributed by atoms with Gasteiger partial charge in [0.2, 0.25) is 0 Å².